The number of aryl methyl sites for hydroxylation is 1. The molecule has 2 aliphatic heterocycles. The summed E-state index contributed by atoms with van der Waals surface area (Å²) in [5, 5.41) is 22.1. The minimum Gasteiger partial charge on any atom is -0.496 e. The Balaban J connectivity index is 1.38. The molecule has 4 N–H and O–H groups in total. The average molecular weight is 756 g/mol. The molecule has 3 heterocycles. The highest BCUT2D eigenvalue weighted by molar-refractivity contribution is 5.95. The molecule has 0 radical (unpaired) electrons. The number of tetrazole rings is 1. The maximum absolute atomic E-state index is 13.6. The van der Waals surface area contributed by atoms with Gasteiger partial charge in [-0.2, -0.15) is 0 Å². The van der Waals surface area contributed by atoms with Crippen LogP contribution >= 0.6 is 0 Å². The molecule has 17 nitrogen and oxygen atoms in total. The normalized spacial score (nSPS) is 17.7. The summed E-state index contributed by atoms with van der Waals surface area (Å²) >= 11 is 0. The highest BCUT2D eigenvalue weighted by Crippen LogP contribution is 2.35. The van der Waals surface area contributed by atoms with Crippen molar-refractivity contribution < 1.29 is 38.2 Å². The van der Waals surface area contributed by atoms with Gasteiger partial charge in [-0.1, -0.05) is 30.3 Å². The van der Waals surface area contributed by atoms with Crippen molar-refractivity contribution in [2.24, 2.45) is 0 Å². The second-order valence-electron chi connectivity index (χ2n) is 12.8. The number of nitrogens with zero attached hydrogens (tertiary/aromatic N) is 5. The molecule has 0 spiro atoms. The van der Waals surface area contributed by atoms with Crippen molar-refractivity contribution in [3.8, 4) is 23.0 Å². The lowest BCUT2D eigenvalue weighted by molar-refractivity contribution is -0.138. The minimum atomic E-state index is -1.02. The lowest BCUT2D eigenvalue weighted by atomic mass is 10.0. The number of carbonyl (C=O) groups excluding carboxylic acids is 5. The van der Waals surface area contributed by atoms with E-state index in [2.05, 4.69) is 36.8 Å². The Morgan fingerprint density at radius 3 is 2.45 bits per heavy atom. The number of amides is 5. The number of nitrogens with one attached hydrogen (secondary N) is 4. The maximum Gasteiger partial charge on any atom is 0.251 e. The molecule has 3 aromatic carbocycles. The smallest absolute Gasteiger partial charge is 0.251 e. The van der Waals surface area contributed by atoms with Crippen molar-refractivity contribution in [1.82, 2.24) is 46.4 Å². The zero-order valence-corrected chi connectivity index (χ0v) is 30.9. The Morgan fingerprint density at radius 1 is 0.909 bits per heavy atom. The molecule has 0 fully saturated rings. The Hall–Kier alpha value is -6.52. The summed E-state index contributed by atoms with van der Waals surface area (Å²) in [4.78, 5) is 68.3. The largest absolute Gasteiger partial charge is 0.496 e. The van der Waals surface area contributed by atoms with Crippen LogP contribution in [0.2, 0.25) is 0 Å². The van der Waals surface area contributed by atoms with Crippen molar-refractivity contribution in [2.75, 3.05) is 33.9 Å². The predicted octanol–water partition coefficient (Wildman–Crippen LogP) is 1.77. The highest BCUT2D eigenvalue weighted by atomic mass is 16.5. The number of rotatable bonds is 7. The van der Waals surface area contributed by atoms with Crippen molar-refractivity contribution in [1.29, 1.82) is 0 Å². The molecule has 4 aromatic rings. The molecule has 290 valence electrons. The zero-order valence-electron chi connectivity index (χ0n) is 30.9. The van der Waals surface area contributed by atoms with Crippen LogP contribution < -0.4 is 35.5 Å². The number of hydrogen-bond donors (Lipinski definition) is 4. The fourth-order valence-electron chi connectivity index (χ4n) is 5.83. The van der Waals surface area contributed by atoms with E-state index >= 15 is 0 Å². The molecule has 6 rings (SSSR count). The van der Waals surface area contributed by atoms with E-state index in [-0.39, 0.29) is 45.1 Å². The molecule has 17 heteroatoms. The van der Waals surface area contributed by atoms with Crippen LogP contribution in [0, 0.1) is 0 Å². The van der Waals surface area contributed by atoms with Gasteiger partial charge >= 0.3 is 0 Å². The summed E-state index contributed by atoms with van der Waals surface area (Å²) in [7, 11) is 2.98. The monoisotopic (exact) mass is 755 g/mol. The highest BCUT2D eigenvalue weighted by Gasteiger charge is 2.27. The van der Waals surface area contributed by atoms with Crippen LogP contribution in [-0.2, 0) is 38.7 Å². The molecule has 0 saturated carbocycles. The van der Waals surface area contributed by atoms with Crippen LogP contribution in [0.25, 0.3) is 0 Å². The fourth-order valence-corrected chi connectivity index (χ4v) is 5.83. The summed E-state index contributed by atoms with van der Waals surface area (Å²) in [5.74, 6) is -0.826. The Morgan fingerprint density at radius 2 is 1.71 bits per heavy atom. The molecule has 2 aliphatic rings. The molecule has 4 bridgehead atoms. The van der Waals surface area contributed by atoms with Crippen LogP contribution in [0.3, 0.4) is 0 Å². The van der Waals surface area contributed by atoms with Crippen LogP contribution in [0.1, 0.15) is 47.7 Å². The molecule has 0 unspecified atom stereocenters. The van der Waals surface area contributed by atoms with Gasteiger partial charge in [0.05, 0.1) is 20.8 Å². The Kier molecular flexibility index (Phi) is 14.1. The number of aromatic nitrogens is 4. The van der Waals surface area contributed by atoms with Gasteiger partial charge in [0, 0.05) is 36.8 Å². The van der Waals surface area contributed by atoms with Gasteiger partial charge < -0.3 is 40.4 Å². The first-order valence-electron chi connectivity index (χ1n) is 17.8. The molecular formula is C38H45N9O8. The van der Waals surface area contributed by atoms with E-state index in [0.717, 1.165) is 5.56 Å². The van der Waals surface area contributed by atoms with Gasteiger partial charge in [0.2, 0.25) is 23.6 Å². The van der Waals surface area contributed by atoms with Gasteiger partial charge in [-0.25, -0.2) is 4.68 Å². The fraction of sp³-hybridized carbons (Fsp3) is 0.368. The molecular weight excluding hydrogens is 710 g/mol. The SMILES string of the molecule is COc1cc2ccc1CNC(=O)[C@H](C)NC(=O)[C@H](CCc1ccccc1)NC(=O)CN(C(=O)Cn1cnnn1)CCCCNC(=O)c1ccc(OC)c(c1)O2. The molecule has 0 aliphatic carbocycles. The standard InChI is InChI=1S/C38H45N9O8/c1-25-36(50)40-21-28-12-14-29(20-32(28)54-3)55-33-19-27(13-16-31(33)53-2)37(51)39-17-7-8-18-46(35(49)23-47-24-41-44-45-47)22-34(48)43-30(38(52)42-25)15-11-26-9-5-4-6-10-26/h4-6,9-10,12-14,16,19-20,24-25,30H,7-8,11,15,17-18,21-23H2,1-3H3,(H,39,51)(H,40,50)(H,42,52)(H,43,48)/t25-,30-/m0/s1. The van der Waals surface area contributed by atoms with Crippen LogP contribution in [0.5, 0.6) is 23.0 Å². The third-order valence-electron chi connectivity index (χ3n) is 8.85. The molecule has 55 heavy (non-hydrogen) atoms. The van der Waals surface area contributed by atoms with Gasteiger partial charge in [0.1, 0.15) is 36.5 Å². The lowest BCUT2D eigenvalue weighted by Crippen LogP contribution is -2.54. The van der Waals surface area contributed by atoms with Gasteiger partial charge in [-0.15, -0.1) is 5.10 Å². The van der Waals surface area contributed by atoms with Crippen LogP contribution in [-0.4, -0.2) is 101 Å². The van der Waals surface area contributed by atoms with E-state index in [4.69, 9.17) is 14.2 Å². The van der Waals surface area contributed by atoms with E-state index < -0.39 is 35.7 Å². The lowest BCUT2D eigenvalue weighted by Gasteiger charge is -2.25. The van der Waals surface area contributed by atoms with Crippen molar-refractivity contribution in [3.05, 3.63) is 89.7 Å². The van der Waals surface area contributed by atoms with E-state index in [1.807, 2.05) is 30.3 Å². The second kappa shape index (κ2) is 19.5. The first kappa shape index (κ1) is 39.7. The van der Waals surface area contributed by atoms with Crippen LogP contribution in [0.4, 0.5) is 0 Å². The van der Waals surface area contributed by atoms with Gasteiger partial charge in [0.15, 0.2) is 11.5 Å². The maximum atomic E-state index is 13.6. The number of carbonyl (C=O) groups is 5. The first-order valence-corrected chi connectivity index (χ1v) is 17.8. The van der Waals surface area contributed by atoms with Gasteiger partial charge in [0.25, 0.3) is 5.91 Å². The van der Waals surface area contributed by atoms with Crippen molar-refractivity contribution in [3.63, 3.8) is 0 Å². The third-order valence-corrected chi connectivity index (χ3v) is 8.85. The molecule has 2 atom stereocenters. The van der Waals surface area contributed by atoms with E-state index in [0.29, 0.717) is 53.4 Å². The third kappa shape index (κ3) is 11.5. The van der Waals surface area contributed by atoms with Crippen molar-refractivity contribution >= 4 is 29.5 Å². The number of benzene rings is 3. The number of ether oxygens (including phenoxy) is 3. The van der Waals surface area contributed by atoms with E-state index in [1.165, 1.54) is 30.1 Å². The summed E-state index contributed by atoms with van der Waals surface area (Å²) in [5.41, 5.74) is 1.93. The second-order valence-corrected chi connectivity index (χ2v) is 12.8. The summed E-state index contributed by atoms with van der Waals surface area (Å²) in [6.45, 7) is 1.51. The molecule has 5 amide bonds. The topological polar surface area (TPSA) is 208 Å². The quantitative estimate of drug-likeness (QED) is 0.200. The molecule has 0 saturated heterocycles. The van der Waals surface area contributed by atoms with Crippen LogP contribution in [0.15, 0.2) is 73.1 Å². The minimum absolute atomic E-state index is 0.0736. The van der Waals surface area contributed by atoms with Gasteiger partial charge in [-0.05, 0) is 78.9 Å². The molecule has 1 aromatic heterocycles. The summed E-state index contributed by atoms with van der Waals surface area (Å²) in [6.07, 6.45) is 2.90. The van der Waals surface area contributed by atoms with E-state index in [1.54, 1.807) is 43.3 Å². The zero-order chi connectivity index (χ0) is 39.2. The summed E-state index contributed by atoms with van der Waals surface area (Å²) in [6, 6.07) is 17.4. The Bertz CT molecular complexity index is 1940. The van der Waals surface area contributed by atoms with Crippen molar-refractivity contribution in [2.45, 2.75) is 57.8 Å². The number of hydrogen-bond acceptors (Lipinski definition) is 11. The summed E-state index contributed by atoms with van der Waals surface area (Å²) < 4.78 is 18.4. The number of fused-ring (bicyclic) bond motifs is 18. The first-order chi connectivity index (χ1) is 26.6. The number of methoxy groups -OCH3 is 2. The Labute approximate surface area is 318 Å². The average Bonchev–Trinajstić information content (AvgIpc) is 3.71. The predicted molar refractivity (Wildman–Crippen MR) is 198 cm³/mol. The van der Waals surface area contributed by atoms with E-state index in [9.17, 15) is 24.0 Å². The van der Waals surface area contributed by atoms with Gasteiger partial charge in [-0.3, -0.25) is 24.0 Å².